The molecular formula is C19H17N3O4. The summed E-state index contributed by atoms with van der Waals surface area (Å²) < 4.78 is 5.21. The van der Waals surface area contributed by atoms with Crippen LogP contribution in [-0.4, -0.2) is 30.9 Å². The summed E-state index contributed by atoms with van der Waals surface area (Å²) in [5.74, 6) is -0.361. The van der Waals surface area contributed by atoms with Gasteiger partial charge in [0.25, 0.3) is 5.69 Å². The van der Waals surface area contributed by atoms with E-state index in [1.807, 2.05) is 31.2 Å². The van der Waals surface area contributed by atoms with E-state index in [2.05, 4.69) is 4.99 Å². The van der Waals surface area contributed by atoms with Crippen LogP contribution in [0.1, 0.15) is 16.7 Å². The van der Waals surface area contributed by atoms with E-state index in [0.29, 0.717) is 16.8 Å². The molecule has 0 saturated heterocycles. The van der Waals surface area contributed by atoms with Crippen molar-refractivity contribution in [3.8, 4) is 0 Å². The number of carbonyl (C=O) groups excluding carboxylic acids is 1. The molecule has 0 amide bonds. The Kier molecular flexibility index (Phi) is 4.53. The van der Waals surface area contributed by atoms with Crippen molar-refractivity contribution in [1.29, 1.82) is 0 Å². The minimum absolute atomic E-state index is 0.0431. The molecule has 1 aliphatic heterocycles. The van der Waals surface area contributed by atoms with Gasteiger partial charge in [-0.3, -0.25) is 10.1 Å². The minimum Gasteiger partial charge on any atom is -0.402 e. The molecule has 0 N–H and O–H groups in total. The summed E-state index contributed by atoms with van der Waals surface area (Å²) in [6.07, 6.45) is 1.48. The number of aliphatic imine (C=N–C) groups is 1. The number of anilines is 1. The standard InChI is InChI=1S/C19H17N3O4/c1-12-4-7-14(8-5-12)18-20-15(19(23)26-18)10-13-6-9-16(21(2)3)17(11-13)22(24)25/h4-11H,1-3H3. The molecule has 1 heterocycles. The molecule has 2 aromatic rings. The van der Waals surface area contributed by atoms with E-state index < -0.39 is 10.9 Å². The second-order valence-electron chi connectivity index (χ2n) is 6.10. The topological polar surface area (TPSA) is 85.0 Å². The lowest BCUT2D eigenvalue weighted by molar-refractivity contribution is -0.384. The first-order valence-corrected chi connectivity index (χ1v) is 7.90. The Hall–Kier alpha value is -3.48. The van der Waals surface area contributed by atoms with Gasteiger partial charge >= 0.3 is 5.97 Å². The fraction of sp³-hybridized carbons (Fsp3) is 0.158. The number of nitro groups is 1. The van der Waals surface area contributed by atoms with Gasteiger partial charge in [0.15, 0.2) is 5.70 Å². The maximum atomic E-state index is 12.1. The Morgan fingerprint density at radius 3 is 2.46 bits per heavy atom. The molecule has 0 aromatic heterocycles. The number of hydrogen-bond acceptors (Lipinski definition) is 6. The van der Waals surface area contributed by atoms with Crippen LogP contribution in [0.3, 0.4) is 0 Å². The van der Waals surface area contributed by atoms with Crippen molar-refractivity contribution in [2.45, 2.75) is 6.92 Å². The number of cyclic esters (lactones) is 1. The quantitative estimate of drug-likeness (QED) is 0.365. The number of carbonyl (C=O) groups is 1. The van der Waals surface area contributed by atoms with Crippen LogP contribution in [0.15, 0.2) is 53.2 Å². The molecular weight excluding hydrogens is 334 g/mol. The summed E-state index contributed by atoms with van der Waals surface area (Å²) in [4.78, 5) is 28.8. The van der Waals surface area contributed by atoms with Gasteiger partial charge in [-0.25, -0.2) is 9.79 Å². The highest BCUT2D eigenvalue weighted by Gasteiger charge is 2.24. The molecule has 1 aliphatic rings. The van der Waals surface area contributed by atoms with Crippen LogP contribution in [0.4, 0.5) is 11.4 Å². The van der Waals surface area contributed by atoms with Gasteiger partial charge in [0, 0.05) is 25.7 Å². The zero-order valence-corrected chi connectivity index (χ0v) is 14.6. The monoisotopic (exact) mass is 351 g/mol. The number of hydrogen-bond donors (Lipinski definition) is 0. The average Bonchev–Trinajstić information content (AvgIpc) is 2.96. The summed E-state index contributed by atoms with van der Waals surface area (Å²) in [6, 6.07) is 12.2. The molecule has 0 radical (unpaired) electrons. The van der Waals surface area contributed by atoms with Gasteiger partial charge in [0.1, 0.15) is 5.69 Å². The Balaban J connectivity index is 1.96. The van der Waals surface area contributed by atoms with Gasteiger partial charge in [-0.2, -0.15) is 0 Å². The molecule has 7 heteroatoms. The number of nitrogens with zero attached hydrogens (tertiary/aromatic N) is 3. The number of esters is 1. The molecule has 0 unspecified atom stereocenters. The average molecular weight is 351 g/mol. The van der Waals surface area contributed by atoms with Crippen molar-refractivity contribution in [2.24, 2.45) is 4.99 Å². The molecule has 2 aromatic carbocycles. The lowest BCUT2D eigenvalue weighted by atomic mass is 10.1. The van der Waals surface area contributed by atoms with Crippen molar-refractivity contribution < 1.29 is 14.5 Å². The summed E-state index contributed by atoms with van der Waals surface area (Å²) in [5.41, 5.74) is 2.83. The zero-order chi connectivity index (χ0) is 18.8. The highest BCUT2D eigenvalue weighted by Crippen LogP contribution is 2.29. The first-order valence-electron chi connectivity index (χ1n) is 7.90. The molecule has 0 atom stereocenters. The lowest BCUT2D eigenvalue weighted by Gasteiger charge is -2.12. The predicted molar refractivity (Wildman–Crippen MR) is 99.2 cm³/mol. The maximum Gasteiger partial charge on any atom is 0.363 e. The van der Waals surface area contributed by atoms with Crippen molar-refractivity contribution in [3.05, 3.63) is 75.0 Å². The van der Waals surface area contributed by atoms with Crippen LogP contribution < -0.4 is 4.90 Å². The largest absolute Gasteiger partial charge is 0.402 e. The molecule has 0 aliphatic carbocycles. The molecule has 3 rings (SSSR count). The summed E-state index contributed by atoms with van der Waals surface area (Å²) in [6.45, 7) is 1.96. The highest BCUT2D eigenvalue weighted by molar-refractivity contribution is 6.12. The van der Waals surface area contributed by atoms with E-state index >= 15 is 0 Å². The smallest absolute Gasteiger partial charge is 0.363 e. The van der Waals surface area contributed by atoms with Crippen LogP contribution in [0, 0.1) is 17.0 Å². The number of rotatable bonds is 4. The first-order chi connectivity index (χ1) is 12.3. The molecule has 0 saturated carbocycles. The van der Waals surface area contributed by atoms with Crippen LogP contribution in [0.25, 0.3) is 6.08 Å². The SMILES string of the molecule is Cc1ccc(C2=NC(=Cc3ccc(N(C)C)c([N+](=O)[O-])c3)C(=O)O2)cc1. The Labute approximate surface area is 150 Å². The van der Waals surface area contributed by atoms with Gasteiger partial charge in [0.2, 0.25) is 5.90 Å². The summed E-state index contributed by atoms with van der Waals surface area (Å²) in [7, 11) is 3.46. The lowest BCUT2D eigenvalue weighted by Crippen LogP contribution is -2.11. The van der Waals surface area contributed by atoms with Crippen LogP contribution in [-0.2, 0) is 9.53 Å². The third-order valence-electron chi connectivity index (χ3n) is 3.90. The van der Waals surface area contributed by atoms with Crippen LogP contribution in [0.5, 0.6) is 0 Å². The molecule has 0 spiro atoms. The van der Waals surface area contributed by atoms with Gasteiger partial charge in [-0.1, -0.05) is 23.8 Å². The minimum atomic E-state index is -0.583. The number of aryl methyl sites for hydroxylation is 1. The first kappa shape index (κ1) is 17.3. The van der Waals surface area contributed by atoms with E-state index in [-0.39, 0.29) is 17.3 Å². The fourth-order valence-electron chi connectivity index (χ4n) is 2.54. The second-order valence-corrected chi connectivity index (χ2v) is 6.10. The van der Waals surface area contributed by atoms with Crippen molar-refractivity contribution in [2.75, 3.05) is 19.0 Å². The number of nitro benzene ring substituents is 1. The third kappa shape index (κ3) is 3.46. The normalized spacial score (nSPS) is 15.0. The molecule has 0 bridgehead atoms. The number of benzene rings is 2. The molecule has 7 nitrogen and oxygen atoms in total. The van der Waals surface area contributed by atoms with E-state index in [4.69, 9.17) is 4.74 Å². The van der Waals surface area contributed by atoms with E-state index in [1.54, 1.807) is 31.1 Å². The van der Waals surface area contributed by atoms with E-state index in [9.17, 15) is 14.9 Å². The van der Waals surface area contributed by atoms with Gasteiger partial charge in [0.05, 0.1) is 4.92 Å². The van der Waals surface area contributed by atoms with Crippen molar-refractivity contribution in [3.63, 3.8) is 0 Å². The van der Waals surface area contributed by atoms with Gasteiger partial charge < -0.3 is 9.64 Å². The van der Waals surface area contributed by atoms with Crippen LogP contribution in [0.2, 0.25) is 0 Å². The molecule has 132 valence electrons. The maximum absolute atomic E-state index is 12.1. The van der Waals surface area contributed by atoms with Gasteiger partial charge in [-0.05, 0) is 36.8 Å². The van der Waals surface area contributed by atoms with Gasteiger partial charge in [-0.15, -0.1) is 0 Å². The van der Waals surface area contributed by atoms with E-state index in [0.717, 1.165) is 5.56 Å². The predicted octanol–water partition coefficient (Wildman–Crippen LogP) is 3.31. The highest BCUT2D eigenvalue weighted by atomic mass is 16.6. The molecule has 0 fully saturated rings. The Bertz CT molecular complexity index is 944. The Morgan fingerprint density at radius 1 is 1.15 bits per heavy atom. The van der Waals surface area contributed by atoms with Crippen molar-refractivity contribution >= 4 is 29.3 Å². The van der Waals surface area contributed by atoms with Crippen LogP contribution >= 0.6 is 0 Å². The summed E-state index contributed by atoms with van der Waals surface area (Å²) >= 11 is 0. The zero-order valence-electron chi connectivity index (χ0n) is 14.6. The molecule has 26 heavy (non-hydrogen) atoms. The number of ether oxygens (including phenoxy) is 1. The fourth-order valence-corrected chi connectivity index (χ4v) is 2.54. The van der Waals surface area contributed by atoms with Crippen molar-refractivity contribution in [1.82, 2.24) is 0 Å². The third-order valence-corrected chi connectivity index (χ3v) is 3.90. The summed E-state index contributed by atoms with van der Waals surface area (Å²) in [5, 5.41) is 11.3. The second kappa shape index (κ2) is 6.79. The van der Waals surface area contributed by atoms with E-state index in [1.165, 1.54) is 12.1 Å². The Morgan fingerprint density at radius 2 is 1.85 bits per heavy atom.